The highest BCUT2D eigenvalue weighted by molar-refractivity contribution is 7.98. The van der Waals surface area contributed by atoms with Gasteiger partial charge < -0.3 is 0 Å². The van der Waals surface area contributed by atoms with Crippen LogP contribution in [0.4, 0.5) is 0 Å². The average molecular weight is 423 g/mol. The van der Waals surface area contributed by atoms with Crippen molar-refractivity contribution in [2.24, 2.45) is 0 Å². The zero-order valence-electron chi connectivity index (χ0n) is 19.1. The summed E-state index contributed by atoms with van der Waals surface area (Å²) in [6.07, 6.45) is 18.0. The molecule has 0 aliphatic rings. The van der Waals surface area contributed by atoms with Crippen LogP contribution < -0.4 is 0 Å². The van der Waals surface area contributed by atoms with Crippen LogP contribution in [0.2, 0.25) is 0 Å². The van der Waals surface area contributed by atoms with Crippen molar-refractivity contribution in [1.82, 2.24) is 0 Å². The van der Waals surface area contributed by atoms with Gasteiger partial charge >= 0.3 is 0 Å². The molecule has 0 aliphatic heterocycles. The predicted molar refractivity (Wildman–Crippen MR) is 135 cm³/mol. The minimum Gasteiger partial charge on any atom is -0.157 e. The number of rotatable bonds is 19. The summed E-state index contributed by atoms with van der Waals surface area (Å²) in [7, 11) is 0. The lowest BCUT2D eigenvalue weighted by atomic mass is 10.1. The van der Waals surface area contributed by atoms with Crippen molar-refractivity contribution < 1.29 is 0 Å². The molecule has 0 nitrogen and oxygen atoms in total. The number of hydrogen-bond acceptors (Lipinski definition) is 2. The molecule has 0 fully saturated rings. The van der Waals surface area contributed by atoms with E-state index in [1.54, 1.807) is 11.1 Å². The van der Waals surface area contributed by atoms with Crippen molar-refractivity contribution in [3.05, 3.63) is 34.9 Å². The fourth-order valence-corrected chi connectivity index (χ4v) is 5.47. The van der Waals surface area contributed by atoms with Crippen molar-refractivity contribution in [2.75, 3.05) is 11.5 Å². The van der Waals surface area contributed by atoms with E-state index >= 15 is 0 Å². The van der Waals surface area contributed by atoms with E-state index in [0.717, 1.165) is 6.42 Å². The van der Waals surface area contributed by atoms with E-state index in [-0.39, 0.29) is 0 Å². The Hall–Kier alpha value is -0.0800. The third-order valence-electron chi connectivity index (χ3n) is 5.34. The molecule has 1 aromatic carbocycles. The molecule has 1 aromatic rings. The van der Waals surface area contributed by atoms with Crippen LogP contribution in [0.5, 0.6) is 0 Å². The second kappa shape index (κ2) is 18.9. The van der Waals surface area contributed by atoms with Crippen LogP contribution in [0, 0.1) is 0 Å². The summed E-state index contributed by atoms with van der Waals surface area (Å²) in [4.78, 5) is 0. The van der Waals surface area contributed by atoms with Gasteiger partial charge in [-0.25, -0.2) is 0 Å². The molecule has 0 atom stereocenters. The second-order valence-electron chi connectivity index (χ2n) is 8.15. The maximum absolute atomic E-state index is 2.47. The summed E-state index contributed by atoms with van der Waals surface area (Å²) >= 11 is 4.27. The minimum absolute atomic E-state index is 1.16. The molecule has 0 unspecified atom stereocenters. The van der Waals surface area contributed by atoms with E-state index in [1.807, 2.05) is 0 Å². The van der Waals surface area contributed by atoms with Gasteiger partial charge in [0.05, 0.1) is 0 Å². The normalized spacial score (nSPS) is 11.2. The molecule has 0 aromatic heterocycles. The molecule has 0 heterocycles. The lowest BCUT2D eigenvalue weighted by molar-refractivity contribution is 0.627. The van der Waals surface area contributed by atoms with Gasteiger partial charge in [0.15, 0.2) is 0 Å². The molecule has 1 rings (SSSR count). The van der Waals surface area contributed by atoms with E-state index in [4.69, 9.17) is 0 Å². The van der Waals surface area contributed by atoms with E-state index in [2.05, 4.69) is 62.5 Å². The van der Waals surface area contributed by atoms with Crippen LogP contribution in [0.3, 0.4) is 0 Å². The van der Waals surface area contributed by atoms with Crippen LogP contribution in [-0.2, 0) is 17.9 Å². The standard InChI is InChI=1S/C26H46S2/c1-4-7-9-11-13-15-17-27-22-25-19-24(6-3)20-26(21-25)23-28-18-16-14-12-10-8-5-2/h19-21H,4-18,22-23H2,1-3H3. The monoisotopic (exact) mass is 422 g/mol. The predicted octanol–water partition coefficient (Wildman–Crippen LogP) is 9.44. The molecule has 162 valence electrons. The molecule has 0 bridgehead atoms. The van der Waals surface area contributed by atoms with Gasteiger partial charge in [0, 0.05) is 11.5 Å². The average Bonchev–Trinajstić information content (AvgIpc) is 2.71. The van der Waals surface area contributed by atoms with Gasteiger partial charge in [0.2, 0.25) is 0 Å². The summed E-state index contributed by atoms with van der Waals surface area (Å²) in [6.45, 7) is 6.87. The molecule has 2 heteroatoms. The van der Waals surface area contributed by atoms with Gasteiger partial charge in [0.1, 0.15) is 0 Å². The molecular weight excluding hydrogens is 376 g/mol. The highest BCUT2D eigenvalue weighted by atomic mass is 32.2. The van der Waals surface area contributed by atoms with Crippen molar-refractivity contribution in [1.29, 1.82) is 0 Å². The maximum Gasteiger partial charge on any atom is 0.0184 e. The second-order valence-corrected chi connectivity index (χ2v) is 10.4. The first-order chi connectivity index (χ1) is 13.8. The Morgan fingerprint density at radius 1 is 0.500 bits per heavy atom. The largest absolute Gasteiger partial charge is 0.157 e. The van der Waals surface area contributed by atoms with Gasteiger partial charge in [-0.1, -0.05) is 103 Å². The topological polar surface area (TPSA) is 0 Å². The SMILES string of the molecule is CCCCCCCCSCc1cc(CC)cc(CSCCCCCCCC)c1. The highest BCUT2D eigenvalue weighted by Gasteiger charge is 2.02. The summed E-state index contributed by atoms with van der Waals surface area (Å²) in [5.74, 6) is 5.03. The first-order valence-electron chi connectivity index (χ1n) is 12.1. The summed E-state index contributed by atoms with van der Waals surface area (Å²) < 4.78 is 0. The van der Waals surface area contributed by atoms with E-state index in [1.165, 1.54) is 106 Å². The Kier molecular flexibility index (Phi) is 17.5. The molecule has 0 spiro atoms. The zero-order chi connectivity index (χ0) is 20.3. The highest BCUT2D eigenvalue weighted by Crippen LogP contribution is 2.22. The smallest absolute Gasteiger partial charge is 0.0184 e. The third kappa shape index (κ3) is 14.0. The maximum atomic E-state index is 2.47. The van der Waals surface area contributed by atoms with Crippen LogP contribution in [0.1, 0.15) is 115 Å². The van der Waals surface area contributed by atoms with E-state index in [0.29, 0.717) is 0 Å². The number of benzene rings is 1. The molecule has 0 amide bonds. The molecule has 0 N–H and O–H groups in total. The molecule has 0 saturated heterocycles. The van der Waals surface area contributed by atoms with Crippen molar-refractivity contribution in [3.63, 3.8) is 0 Å². The quantitative estimate of drug-likeness (QED) is 0.204. The molecule has 0 saturated carbocycles. The van der Waals surface area contributed by atoms with Crippen LogP contribution >= 0.6 is 23.5 Å². The van der Waals surface area contributed by atoms with Crippen molar-refractivity contribution in [2.45, 2.75) is 116 Å². The van der Waals surface area contributed by atoms with Crippen LogP contribution in [-0.4, -0.2) is 11.5 Å². The van der Waals surface area contributed by atoms with Gasteiger partial charge in [-0.15, -0.1) is 0 Å². The molecule has 0 radical (unpaired) electrons. The Balaban J connectivity index is 2.22. The fraction of sp³-hybridized carbons (Fsp3) is 0.769. The fourth-order valence-electron chi connectivity index (χ4n) is 3.56. The van der Waals surface area contributed by atoms with Crippen LogP contribution in [0.25, 0.3) is 0 Å². The van der Waals surface area contributed by atoms with Crippen LogP contribution in [0.15, 0.2) is 18.2 Å². The summed E-state index contributed by atoms with van der Waals surface area (Å²) in [5, 5.41) is 0. The summed E-state index contributed by atoms with van der Waals surface area (Å²) in [5.41, 5.74) is 4.61. The van der Waals surface area contributed by atoms with Crippen molar-refractivity contribution in [3.8, 4) is 0 Å². The Morgan fingerprint density at radius 2 is 0.893 bits per heavy atom. The lowest BCUT2D eigenvalue weighted by Crippen LogP contribution is -1.93. The number of hydrogen-bond donors (Lipinski definition) is 0. The van der Waals surface area contributed by atoms with E-state index < -0.39 is 0 Å². The third-order valence-corrected chi connectivity index (χ3v) is 7.57. The molecule has 0 aliphatic carbocycles. The minimum atomic E-state index is 1.16. The number of unbranched alkanes of at least 4 members (excludes halogenated alkanes) is 10. The van der Waals surface area contributed by atoms with Crippen molar-refractivity contribution >= 4 is 23.5 Å². The Morgan fingerprint density at radius 3 is 1.32 bits per heavy atom. The number of thioether (sulfide) groups is 2. The first-order valence-corrected chi connectivity index (χ1v) is 14.4. The van der Waals surface area contributed by atoms with Gasteiger partial charge in [0.25, 0.3) is 0 Å². The Labute approximate surface area is 185 Å². The lowest BCUT2D eigenvalue weighted by Gasteiger charge is -2.09. The van der Waals surface area contributed by atoms with Gasteiger partial charge in [-0.05, 0) is 47.5 Å². The number of aryl methyl sites for hydroxylation is 1. The van der Waals surface area contributed by atoms with Gasteiger partial charge in [-0.3, -0.25) is 0 Å². The zero-order valence-corrected chi connectivity index (χ0v) is 20.7. The summed E-state index contributed by atoms with van der Waals surface area (Å²) in [6, 6.07) is 7.36. The molecular formula is C26H46S2. The molecule has 28 heavy (non-hydrogen) atoms. The Bertz CT molecular complexity index is 431. The van der Waals surface area contributed by atoms with Gasteiger partial charge in [-0.2, -0.15) is 23.5 Å². The first kappa shape index (κ1) is 26.0. The van der Waals surface area contributed by atoms with E-state index in [9.17, 15) is 0 Å².